The zero-order valence-corrected chi connectivity index (χ0v) is 18.2. The first kappa shape index (κ1) is 21.5. The van der Waals surface area contributed by atoms with Gasteiger partial charge < -0.3 is 14.8 Å². The summed E-state index contributed by atoms with van der Waals surface area (Å²) in [6.07, 6.45) is 0. The van der Waals surface area contributed by atoms with E-state index in [1.54, 1.807) is 30.3 Å². The molecule has 0 bridgehead atoms. The van der Waals surface area contributed by atoms with Crippen LogP contribution in [0.3, 0.4) is 0 Å². The van der Waals surface area contributed by atoms with E-state index in [0.717, 1.165) is 22.4 Å². The minimum absolute atomic E-state index is 0.0689. The van der Waals surface area contributed by atoms with E-state index < -0.39 is 0 Å². The summed E-state index contributed by atoms with van der Waals surface area (Å²) in [5.41, 5.74) is 3.71. The number of nitrogens with two attached hydrogens (primary N) is 1. The highest BCUT2D eigenvalue weighted by Gasteiger charge is 2.15. The second-order valence-corrected chi connectivity index (χ2v) is 7.85. The number of rotatable bonds is 6. The maximum Gasteiger partial charge on any atom is 0.260 e. The van der Waals surface area contributed by atoms with E-state index in [1.807, 2.05) is 66.7 Å². The highest BCUT2D eigenvalue weighted by molar-refractivity contribution is 5.94. The SMILES string of the molecule is NOCc1ccccc1-c1ccc2c(O)c(-c3ccc(Oc4ccccc4)cc3)c(=O)[nH]c2c1. The first-order valence-electron chi connectivity index (χ1n) is 10.8. The number of para-hydroxylation sites is 1. The second-order valence-electron chi connectivity index (χ2n) is 7.85. The van der Waals surface area contributed by atoms with Crippen LogP contribution in [0, 0.1) is 0 Å². The van der Waals surface area contributed by atoms with Gasteiger partial charge in [-0.2, -0.15) is 0 Å². The Morgan fingerprint density at radius 2 is 1.47 bits per heavy atom. The van der Waals surface area contributed by atoms with Crippen molar-refractivity contribution in [2.45, 2.75) is 6.61 Å². The molecule has 0 unspecified atom stereocenters. The van der Waals surface area contributed by atoms with Crippen LogP contribution in [-0.2, 0) is 11.4 Å². The Hall–Kier alpha value is -4.39. The van der Waals surface area contributed by atoms with Gasteiger partial charge in [-0.15, -0.1) is 0 Å². The summed E-state index contributed by atoms with van der Waals surface area (Å²) in [6.45, 7) is 0.263. The molecule has 6 heteroatoms. The molecule has 0 amide bonds. The lowest BCUT2D eigenvalue weighted by molar-refractivity contribution is 0.124. The number of aromatic hydroxyl groups is 1. The maximum atomic E-state index is 13.0. The molecule has 1 heterocycles. The molecule has 34 heavy (non-hydrogen) atoms. The average Bonchev–Trinajstić information content (AvgIpc) is 2.86. The van der Waals surface area contributed by atoms with Crippen molar-refractivity contribution in [2.24, 2.45) is 5.90 Å². The van der Waals surface area contributed by atoms with Gasteiger partial charge in [-0.1, -0.05) is 60.7 Å². The normalized spacial score (nSPS) is 11.0. The zero-order valence-electron chi connectivity index (χ0n) is 18.2. The maximum absolute atomic E-state index is 13.0. The summed E-state index contributed by atoms with van der Waals surface area (Å²) < 4.78 is 5.82. The van der Waals surface area contributed by atoms with Crippen LogP contribution >= 0.6 is 0 Å². The number of benzene rings is 4. The average molecular weight is 450 g/mol. The molecule has 0 radical (unpaired) electrons. The van der Waals surface area contributed by atoms with Gasteiger partial charge in [-0.25, -0.2) is 5.90 Å². The molecule has 0 fully saturated rings. The van der Waals surface area contributed by atoms with Gasteiger partial charge in [-0.05, 0) is 58.7 Å². The van der Waals surface area contributed by atoms with E-state index in [1.165, 1.54) is 0 Å². The second kappa shape index (κ2) is 9.23. The molecule has 4 N–H and O–H groups in total. The molecule has 6 nitrogen and oxygen atoms in total. The lowest BCUT2D eigenvalue weighted by Gasteiger charge is -2.12. The van der Waals surface area contributed by atoms with E-state index >= 15 is 0 Å². The number of ether oxygens (including phenoxy) is 1. The van der Waals surface area contributed by atoms with Crippen LogP contribution in [0.15, 0.2) is 102 Å². The van der Waals surface area contributed by atoms with Crippen molar-refractivity contribution in [3.8, 4) is 39.5 Å². The van der Waals surface area contributed by atoms with Crippen LogP contribution in [0.4, 0.5) is 0 Å². The van der Waals surface area contributed by atoms with Crippen LogP contribution in [0.1, 0.15) is 5.56 Å². The minimum Gasteiger partial charge on any atom is -0.506 e. The van der Waals surface area contributed by atoms with Crippen LogP contribution < -0.4 is 16.2 Å². The molecule has 0 aliphatic carbocycles. The standard InChI is InChI=1S/C28H22N2O4/c29-33-17-20-6-4-5-9-23(20)19-12-15-24-25(16-19)30-28(32)26(27(24)31)18-10-13-22(14-11-18)34-21-7-2-1-3-8-21/h1-16H,17,29H2,(H2,30,31,32). The molecule has 0 saturated heterocycles. The molecular formula is C28H22N2O4. The molecule has 0 aliphatic heterocycles. The lowest BCUT2D eigenvalue weighted by atomic mass is 9.97. The summed E-state index contributed by atoms with van der Waals surface area (Å²) in [7, 11) is 0. The molecule has 0 spiro atoms. The van der Waals surface area contributed by atoms with Crippen LogP contribution in [0.25, 0.3) is 33.2 Å². The number of aromatic nitrogens is 1. The summed E-state index contributed by atoms with van der Waals surface area (Å²) in [5.74, 6) is 6.56. The van der Waals surface area contributed by atoms with E-state index in [0.29, 0.717) is 22.2 Å². The Bertz CT molecular complexity index is 1510. The first-order chi connectivity index (χ1) is 16.6. The highest BCUT2D eigenvalue weighted by atomic mass is 16.6. The van der Waals surface area contributed by atoms with Gasteiger partial charge in [0.15, 0.2) is 0 Å². The van der Waals surface area contributed by atoms with Crippen molar-refractivity contribution in [1.82, 2.24) is 4.98 Å². The summed E-state index contributed by atoms with van der Waals surface area (Å²) >= 11 is 0. The largest absolute Gasteiger partial charge is 0.506 e. The Morgan fingerprint density at radius 1 is 0.794 bits per heavy atom. The molecule has 0 atom stereocenters. The molecule has 0 saturated carbocycles. The number of H-pyrrole nitrogens is 1. The smallest absolute Gasteiger partial charge is 0.260 e. The fourth-order valence-electron chi connectivity index (χ4n) is 4.05. The third-order valence-corrected chi connectivity index (χ3v) is 5.68. The van der Waals surface area contributed by atoms with Gasteiger partial charge in [0.25, 0.3) is 5.56 Å². The van der Waals surface area contributed by atoms with Gasteiger partial charge in [0.05, 0.1) is 17.7 Å². The highest BCUT2D eigenvalue weighted by Crippen LogP contribution is 2.35. The van der Waals surface area contributed by atoms with Gasteiger partial charge >= 0.3 is 0 Å². The summed E-state index contributed by atoms with van der Waals surface area (Å²) in [5, 5.41) is 11.6. The van der Waals surface area contributed by atoms with Crippen LogP contribution in [0.2, 0.25) is 0 Å². The Kier molecular flexibility index (Phi) is 5.82. The number of pyridine rings is 1. The number of hydrogen-bond acceptors (Lipinski definition) is 5. The first-order valence-corrected chi connectivity index (χ1v) is 10.8. The van der Waals surface area contributed by atoms with Crippen molar-refractivity contribution in [1.29, 1.82) is 0 Å². The number of hydrogen-bond donors (Lipinski definition) is 3. The molecule has 5 rings (SSSR count). The number of fused-ring (bicyclic) bond motifs is 1. The third kappa shape index (κ3) is 4.15. The Labute approximate surface area is 195 Å². The van der Waals surface area contributed by atoms with E-state index in [4.69, 9.17) is 15.5 Å². The van der Waals surface area contributed by atoms with Crippen molar-refractivity contribution < 1.29 is 14.7 Å². The molecule has 0 aliphatic rings. The van der Waals surface area contributed by atoms with Crippen molar-refractivity contribution >= 4 is 10.9 Å². The van der Waals surface area contributed by atoms with Gasteiger partial charge in [-0.3, -0.25) is 9.63 Å². The van der Waals surface area contributed by atoms with E-state index in [9.17, 15) is 9.90 Å². The van der Waals surface area contributed by atoms with Crippen molar-refractivity contribution in [2.75, 3.05) is 0 Å². The summed E-state index contributed by atoms with van der Waals surface area (Å²) in [4.78, 5) is 20.7. The van der Waals surface area contributed by atoms with Crippen LogP contribution in [-0.4, -0.2) is 10.1 Å². The fraction of sp³-hybridized carbons (Fsp3) is 0.0357. The lowest BCUT2D eigenvalue weighted by Crippen LogP contribution is -2.09. The van der Waals surface area contributed by atoms with Crippen molar-refractivity contribution in [3.05, 3.63) is 113 Å². The molecule has 5 aromatic rings. The molecular weight excluding hydrogens is 428 g/mol. The third-order valence-electron chi connectivity index (χ3n) is 5.68. The predicted octanol–water partition coefficient (Wildman–Crippen LogP) is 5.75. The minimum atomic E-state index is -0.377. The quantitative estimate of drug-likeness (QED) is 0.286. The molecule has 4 aromatic carbocycles. The fourth-order valence-corrected chi connectivity index (χ4v) is 4.05. The molecule has 1 aromatic heterocycles. The summed E-state index contributed by atoms with van der Waals surface area (Å²) in [6, 6.07) is 29.8. The Morgan fingerprint density at radius 3 is 2.24 bits per heavy atom. The molecule has 168 valence electrons. The van der Waals surface area contributed by atoms with Gasteiger partial charge in [0, 0.05) is 5.39 Å². The van der Waals surface area contributed by atoms with Gasteiger partial charge in [0.1, 0.15) is 17.2 Å². The van der Waals surface area contributed by atoms with Crippen molar-refractivity contribution in [3.63, 3.8) is 0 Å². The topological polar surface area (TPSA) is 97.6 Å². The van der Waals surface area contributed by atoms with Crippen LogP contribution in [0.5, 0.6) is 17.2 Å². The number of aromatic amines is 1. The predicted molar refractivity (Wildman–Crippen MR) is 133 cm³/mol. The number of nitrogens with one attached hydrogen (secondary N) is 1. The zero-order chi connectivity index (χ0) is 23.5. The monoisotopic (exact) mass is 450 g/mol. The Balaban J connectivity index is 1.51. The van der Waals surface area contributed by atoms with E-state index in [2.05, 4.69) is 4.98 Å². The van der Waals surface area contributed by atoms with Gasteiger partial charge in [0.2, 0.25) is 0 Å². The van der Waals surface area contributed by atoms with E-state index in [-0.39, 0.29) is 23.5 Å².